The molecule has 64 valence electrons. The Hall–Kier alpha value is -0.380. The lowest BCUT2D eigenvalue weighted by atomic mass is 10.1. The molecule has 0 aromatic heterocycles. The fraction of sp³-hybridized carbons (Fsp3) is 0.714. The fourth-order valence-electron chi connectivity index (χ4n) is 0.410. The van der Waals surface area contributed by atoms with Crippen LogP contribution in [0.25, 0.3) is 0 Å². The largest absolute Gasteiger partial charge is 0.465 e. The number of carbonyl (C=O) groups excluding carboxylic acids is 2. The van der Waals surface area contributed by atoms with Gasteiger partial charge in [0.25, 0.3) is 0 Å². The number of ketones is 1. The third-order valence-corrected chi connectivity index (χ3v) is 2.20. The minimum absolute atomic E-state index is 0.254. The summed E-state index contributed by atoms with van der Waals surface area (Å²) in [5.74, 6) is -0.788. The molecule has 11 heavy (non-hydrogen) atoms. The number of rotatable bonds is 3. The summed E-state index contributed by atoms with van der Waals surface area (Å²) in [7, 11) is 0. The molecule has 0 fully saturated rings. The zero-order valence-electron chi connectivity index (χ0n) is 6.81. The quantitative estimate of drug-likeness (QED) is 0.411. The van der Waals surface area contributed by atoms with Crippen LogP contribution in [-0.2, 0) is 14.3 Å². The molecule has 0 unspecified atom stereocenters. The van der Waals surface area contributed by atoms with Crippen molar-refractivity contribution in [2.45, 2.75) is 25.1 Å². The Morgan fingerprint density at radius 2 is 2.00 bits per heavy atom. The van der Waals surface area contributed by atoms with Crippen LogP contribution < -0.4 is 0 Å². The van der Waals surface area contributed by atoms with Crippen molar-refractivity contribution in [3.63, 3.8) is 0 Å². The highest BCUT2D eigenvalue weighted by atomic mass is 79.9. The maximum atomic E-state index is 11.0. The number of halogens is 1. The first-order valence-electron chi connectivity index (χ1n) is 3.30. The zero-order chi connectivity index (χ0) is 9.07. The van der Waals surface area contributed by atoms with Gasteiger partial charge in [0.1, 0.15) is 0 Å². The maximum Gasteiger partial charge on any atom is 0.330 e. The van der Waals surface area contributed by atoms with Crippen molar-refractivity contribution < 1.29 is 14.3 Å². The van der Waals surface area contributed by atoms with Crippen LogP contribution in [0.2, 0.25) is 0 Å². The highest BCUT2D eigenvalue weighted by Crippen LogP contribution is 2.19. The van der Waals surface area contributed by atoms with E-state index in [4.69, 9.17) is 0 Å². The van der Waals surface area contributed by atoms with Crippen molar-refractivity contribution >= 4 is 27.7 Å². The second-order valence-electron chi connectivity index (χ2n) is 2.28. The molecule has 4 heteroatoms. The lowest BCUT2D eigenvalue weighted by molar-refractivity contribution is -0.147. The number of alkyl halides is 1. The van der Waals surface area contributed by atoms with Gasteiger partial charge in [-0.15, -0.1) is 0 Å². The molecule has 0 bridgehead atoms. The van der Waals surface area contributed by atoms with Gasteiger partial charge in [-0.25, -0.2) is 0 Å². The lowest BCUT2D eigenvalue weighted by Crippen LogP contribution is -2.37. The molecule has 0 aromatic carbocycles. The molecule has 0 aliphatic carbocycles. The number of ether oxygens (including phenoxy) is 1. The van der Waals surface area contributed by atoms with Crippen molar-refractivity contribution in [2.75, 3.05) is 6.61 Å². The highest BCUT2D eigenvalue weighted by Gasteiger charge is 2.36. The maximum absolute atomic E-state index is 11.0. The van der Waals surface area contributed by atoms with Crippen LogP contribution in [0.5, 0.6) is 0 Å². The van der Waals surface area contributed by atoms with Crippen molar-refractivity contribution in [3.05, 3.63) is 0 Å². The van der Waals surface area contributed by atoms with Gasteiger partial charge >= 0.3 is 5.97 Å². The zero-order valence-corrected chi connectivity index (χ0v) is 8.40. The van der Waals surface area contributed by atoms with Gasteiger partial charge in [-0.1, -0.05) is 15.9 Å². The summed E-state index contributed by atoms with van der Waals surface area (Å²) in [6, 6.07) is 0. The average Bonchev–Trinajstić information content (AvgIpc) is 1.88. The molecule has 0 amide bonds. The summed E-state index contributed by atoms with van der Waals surface area (Å²) >= 11 is 2.99. The van der Waals surface area contributed by atoms with E-state index in [2.05, 4.69) is 20.7 Å². The van der Waals surface area contributed by atoms with Crippen LogP contribution in [0.3, 0.4) is 0 Å². The van der Waals surface area contributed by atoms with E-state index in [0.717, 1.165) is 0 Å². The van der Waals surface area contributed by atoms with E-state index in [1.807, 2.05) is 0 Å². The van der Waals surface area contributed by atoms with E-state index in [9.17, 15) is 9.59 Å². The summed E-state index contributed by atoms with van der Waals surface area (Å²) in [6.45, 7) is 4.80. The van der Waals surface area contributed by atoms with E-state index in [0.29, 0.717) is 0 Å². The van der Waals surface area contributed by atoms with E-state index in [1.165, 1.54) is 13.8 Å². The average molecular weight is 223 g/mol. The molecule has 0 aromatic rings. The molecule has 0 rings (SSSR count). The molecule has 0 aliphatic heterocycles. The molecule has 0 saturated heterocycles. The fourth-order valence-corrected chi connectivity index (χ4v) is 0.525. The van der Waals surface area contributed by atoms with Crippen LogP contribution in [0.15, 0.2) is 0 Å². The number of hydrogen-bond acceptors (Lipinski definition) is 3. The van der Waals surface area contributed by atoms with E-state index in [1.54, 1.807) is 6.92 Å². The van der Waals surface area contributed by atoms with Crippen molar-refractivity contribution in [3.8, 4) is 0 Å². The predicted molar refractivity (Wildman–Crippen MR) is 44.6 cm³/mol. The van der Waals surface area contributed by atoms with Gasteiger partial charge < -0.3 is 4.74 Å². The lowest BCUT2D eigenvalue weighted by Gasteiger charge is -2.15. The number of hydrogen-bond donors (Lipinski definition) is 0. The first kappa shape index (κ1) is 10.6. The molecule has 0 aliphatic rings. The Kier molecular flexibility index (Phi) is 3.72. The highest BCUT2D eigenvalue weighted by molar-refractivity contribution is 9.10. The molecular weight excluding hydrogens is 212 g/mol. The van der Waals surface area contributed by atoms with Crippen LogP contribution in [-0.4, -0.2) is 22.7 Å². The van der Waals surface area contributed by atoms with Crippen LogP contribution in [0.4, 0.5) is 0 Å². The first-order chi connectivity index (χ1) is 4.92. The summed E-state index contributed by atoms with van der Waals surface area (Å²) in [6.07, 6.45) is 0. The van der Waals surface area contributed by atoms with Gasteiger partial charge in [0, 0.05) is 0 Å². The van der Waals surface area contributed by atoms with Gasteiger partial charge in [-0.05, 0) is 20.8 Å². The monoisotopic (exact) mass is 222 g/mol. The molecule has 0 spiro atoms. The molecule has 3 nitrogen and oxygen atoms in total. The van der Waals surface area contributed by atoms with Crippen LogP contribution >= 0.6 is 15.9 Å². The number of esters is 1. The van der Waals surface area contributed by atoms with Crippen LogP contribution in [0.1, 0.15) is 20.8 Å². The topological polar surface area (TPSA) is 43.4 Å². The molecule has 0 heterocycles. The van der Waals surface area contributed by atoms with E-state index < -0.39 is 10.3 Å². The van der Waals surface area contributed by atoms with Gasteiger partial charge in [0.15, 0.2) is 10.1 Å². The molecule has 0 radical (unpaired) electrons. The number of carbonyl (C=O) groups is 2. The minimum Gasteiger partial charge on any atom is -0.465 e. The third kappa shape index (κ3) is 2.61. The van der Waals surface area contributed by atoms with Crippen molar-refractivity contribution in [2.24, 2.45) is 0 Å². The Morgan fingerprint density at radius 3 is 2.27 bits per heavy atom. The van der Waals surface area contributed by atoms with Gasteiger partial charge in [0.2, 0.25) is 0 Å². The molecule has 0 saturated carbocycles. The Labute approximate surface area is 74.2 Å². The summed E-state index contributed by atoms with van der Waals surface area (Å²) in [5.41, 5.74) is 0. The Balaban J connectivity index is 4.30. The molecular formula is C7H11BrO3. The third-order valence-electron chi connectivity index (χ3n) is 1.32. The smallest absolute Gasteiger partial charge is 0.330 e. The first-order valence-corrected chi connectivity index (χ1v) is 4.09. The predicted octanol–water partition coefficient (Wildman–Crippen LogP) is 1.29. The van der Waals surface area contributed by atoms with Crippen molar-refractivity contribution in [1.29, 1.82) is 0 Å². The van der Waals surface area contributed by atoms with Gasteiger partial charge in [-0.3, -0.25) is 9.59 Å². The van der Waals surface area contributed by atoms with E-state index >= 15 is 0 Å². The SMILES string of the molecule is CCOC(=O)[C@@](C)(Br)C(C)=O. The van der Waals surface area contributed by atoms with Crippen molar-refractivity contribution in [1.82, 2.24) is 0 Å². The molecule has 1 atom stereocenters. The minimum atomic E-state index is -1.18. The van der Waals surface area contributed by atoms with Gasteiger partial charge in [0.05, 0.1) is 6.61 Å². The second-order valence-corrected chi connectivity index (χ2v) is 3.87. The standard InChI is InChI=1S/C7H11BrO3/c1-4-11-6(10)7(3,8)5(2)9/h4H2,1-3H3/t7-/m0/s1. The number of Topliss-reactive ketones (excluding diaryl/α,β-unsaturated/α-hetero) is 1. The summed E-state index contributed by atoms with van der Waals surface area (Å²) < 4.78 is 3.48. The van der Waals surface area contributed by atoms with Crippen LogP contribution in [0, 0.1) is 0 Å². The Bertz CT molecular complexity index is 175. The molecule has 0 N–H and O–H groups in total. The van der Waals surface area contributed by atoms with Gasteiger partial charge in [-0.2, -0.15) is 0 Å². The van der Waals surface area contributed by atoms with E-state index in [-0.39, 0.29) is 12.4 Å². The second kappa shape index (κ2) is 3.85. The normalized spacial score (nSPS) is 15.3. The summed E-state index contributed by atoms with van der Waals surface area (Å²) in [5, 5.41) is 0. The Morgan fingerprint density at radius 1 is 1.55 bits per heavy atom. The summed E-state index contributed by atoms with van der Waals surface area (Å²) in [4.78, 5) is 21.9.